The minimum Gasteiger partial charge on any atom is -0.369 e. The van der Waals surface area contributed by atoms with E-state index in [9.17, 15) is 9.18 Å². The summed E-state index contributed by atoms with van der Waals surface area (Å²) in [5, 5.41) is 6.27. The summed E-state index contributed by atoms with van der Waals surface area (Å²) in [4.78, 5) is 26.4. The zero-order valence-electron chi connectivity index (χ0n) is 20.3. The summed E-state index contributed by atoms with van der Waals surface area (Å²) in [5.74, 6) is 0.214. The predicted molar refractivity (Wildman–Crippen MR) is 138 cm³/mol. The first-order valence-corrected chi connectivity index (χ1v) is 12.2. The standard InChI is InChI=1S/C27H28FN7O/c1-33(2)19-4-3-10-34(16-19)18-5-8-24(29-13-18)32-22-7-6-20(21-14-31-27(36)26(21)22)23-15-30-25-12-17(28)9-11-35(23)25/h5-9,11-13,15,19H,3-4,10,14,16H2,1-2H3,(H,29,32)(H,31,36). The molecule has 8 nitrogen and oxygen atoms in total. The molecule has 0 bridgehead atoms. The molecule has 0 spiro atoms. The Morgan fingerprint density at radius 1 is 1.14 bits per heavy atom. The summed E-state index contributed by atoms with van der Waals surface area (Å²) in [7, 11) is 4.27. The Hall–Kier alpha value is -3.98. The van der Waals surface area contributed by atoms with Gasteiger partial charge in [0.1, 0.15) is 17.3 Å². The summed E-state index contributed by atoms with van der Waals surface area (Å²) in [6.45, 7) is 2.44. The second-order valence-electron chi connectivity index (χ2n) is 9.65. The minimum atomic E-state index is -0.336. The first kappa shape index (κ1) is 22.5. The molecule has 3 aromatic heterocycles. The molecule has 9 heteroatoms. The molecule has 1 atom stereocenters. The number of amides is 1. The predicted octanol–water partition coefficient (Wildman–Crippen LogP) is 4.05. The number of rotatable bonds is 5. The molecule has 6 rings (SSSR count). The van der Waals surface area contributed by atoms with Gasteiger partial charge in [-0.25, -0.2) is 14.4 Å². The molecule has 1 unspecified atom stereocenters. The molecule has 1 saturated heterocycles. The van der Waals surface area contributed by atoms with Gasteiger partial charge >= 0.3 is 0 Å². The lowest BCUT2D eigenvalue weighted by molar-refractivity contribution is 0.0966. The van der Waals surface area contributed by atoms with Crippen LogP contribution in [0.1, 0.15) is 28.8 Å². The van der Waals surface area contributed by atoms with E-state index in [1.807, 2.05) is 28.8 Å². The second-order valence-corrected chi connectivity index (χ2v) is 9.65. The average Bonchev–Trinajstić information content (AvgIpc) is 3.48. The summed E-state index contributed by atoms with van der Waals surface area (Å²) < 4.78 is 15.5. The summed E-state index contributed by atoms with van der Waals surface area (Å²) in [6.07, 6.45) is 7.64. The number of hydrogen-bond acceptors (Lipinski definition) is 6. The molecule has 0 aliphatic carbocycles. The number of benzene rings is 1. The lowest BCUT2D eigenvalue weighted by Crippen LogP contribution is -2.45. The maximum Gasteiger partial charge on any atom is 0.254 e. The van der Waals surface area contributed by atoms with E-state index in [2.05, 4.69) is 50.6 Å². The third kappa shape index (κ3) is 3.95. The number of carbonyl (C=O) groups is 1. The Morgan fingerprint density at radius 2 is 2.03 bits per heavy atom. The number of nitrogens with one attached hydrogen (secondary N) is 2. The zero-order valence-corrected chi connectivity index (χ0v) is 20.3. The van der Waals surface area contributed by atoms with Crippen LogP contribution in [-0.2, 0) is 6.54 Å². The summed E-state index contributed by atoms with van der Waals surface area (Å²) in [6, 6.07) is 11.2. The third-order valence-electron chi connectivity index (χ3n) is 7.22. The molecule has 1 aromatic carbocycles. The van der Waals surface area contributed by atoms with E-state index in [-0.39, 0.29) is 11.7 Å². The van der Waals surface area contributed by atoms with Crippen LogP contribution in [0.2, 0.25) is 0 Å². The molecule has 0 saturated carbocycles. The first-order valence-electron chi connectivity index (χ1n) is 12.2. The highest BCUT2D eigenvalue weighted by Gasteiger charge is 2.27. The van der Waals surface area contributed by atoms with Crippen molar-refractivity contribution in [3.8, 4) is 11.3 Å². The van der Waals surface area contributed by atoms with E-state index >= 15 is 0 Å². The van der Waals surface area contributed by atoms with Crippen molar-refractivity contribution < 1.29 is 9.18 Å². The van der Waals surface area contributed by atoms with Crippen molar-refractivity contribution in [1.82, 2.24) is 24.6 Å². The Bertz CT molecular complexity index is 1450. The molecule has 1 fully saturated rings. The molecular weight excluding hydrogens is 457 g/mol. The van der Waals surface area contributed by atoms with Gasteiger partial charge in [0.2, 0.25) is 0 Å². The van der Waals surface area contributed by atoms with Crippen LogP contribution < -0.4 is 15.5 Å². The molecule has 36 heavy (non-hydrogen) atoms. The number of aromatic nitrogens is 3. The van der Waals surface area contributed by atoms with Crippen molar-refractivity contribution >= 4 is 28.7 Å². The van der Waals surface area contributed by atoms with Crippen molar-refractivity contribution in [2.75, 3.05) is 37.4 Å². The van der Waals surface area contributed by atoms with E-state index in [4.69, 9.17) is 0 Å². The van der Waals surface area contributed by atoms with E-state index in [1.54, 1.807) is 12.4 Å². The molecule has 0 radical (unpaired) electrons. The van der Waals surface area contributed by atoms with Crippen molar-refractivity contribution in [3.05, 3.63) is 71.9 Å². The number of halogens is 1. The van der Waals surface area contributed by atoms with Gasteiger partial charge < -0.3 is 20.4 Å². The van der Waals surface area contributed by atoms with Crippen LogP contribution in [0.3, 0.4) is 0 Å². The normalized spacial score (nSPS) is 17.5. The van der Waals surface area contributed by atoms with Crippen LogP contribution in [0.4, 0.5) is 21.6 Å². The number of anilines is 3. The lowest BCUT2D eigenvalue weighted by Gasteiger charge is -2.37. The van der Waals surface area contributed by atoms with Crippen molar-refractivity contribution in [1.29, 1.82) is 0 Å². The molecule has 1 amide bonds. The minimum absolute atomic E-state index is 0.131. The number of pyridine rings is 2. The quantitative estimate of drug-likeness (QED) is 0.444. The van der Waals surface area contributed by atoms with Crippen LogP contribution in [-0.4, -0.2) is 58.4 Å². The van der Waals surface area contributed by atoms with Gasteiger partial charge in [-0.3, -0.25) is 9.20 Å². The molecular formula is C27H28FN7O. The number of hydrogen-bond donors (Lipinski definition) is 2. The Labute approximate surface area is 208 Å². The highest BCUT2D eigenvalue weighted by Crippen LogP contribution is 2.35. The van der Waals surface area contributed by atoms with E-state index in [1.165, 1.54) is 18.6 Å². The van der Waals surface area contributed by atoms with Crippen LogP contribution in [0, 0.1) is 5.82 Å². The largest absolute Gasteiger partial charge is 0.369 e. The molecule has 2 N–H and O–H groups in total. The van der Waals surface area contributed by atoms with Gasteiger partial charge in [-0.1, -0.05) is 6.07 Å². The van der Waals surface area contributed by atoms with Crippen molar-refractivity contribution in [2.45, 2.75) is 25.4 Å². The number of piperidine rings is 1. The maximum atomic E-state index is 13.6. The highest BCUT2D eigenvalue weighted by molar-refractivity contribution is 6.06. The molecule has 2 aliphatic heterocycles. The number of nitrogens with zero attached hydrogens (tertiary/aromatic N) is 5. The number of fused-ring (bicyclic) bond motifs is 2. The molecule has 5 heterocycles. The average molecular weight is 486 g/mol. The van der Waals surface area contributed by atoms with Gasteiger partial charge in [-0.05, 0) is 56.8 Å². The van der Waals surface area contributed by atoms with E-state index < -0.39 is 0 Å². The van der Waals surface area contributed by atoms with Crippen LogP contribution >= 0.6 is 0 Å². The molecule has 2 aliphatic rings. The van der Waals surface area contributed by atoms with Gasteiger partial charge in [0.15, 0.2) is 0 Å². The fourth-order valence-corrected chi connectivity index (χ4v) is 5.24. The van der Waals surface area contributed by atoms with Crippen LogP contribution in [0.5, 0.6) is 0 Å². The van der Waals surface area contributed by atoms with Crippen LogP contribution in [0.15, 0.2) is 55.0 Å². The maximum absolute atomic E-state index is 13.6. The van der Waals surface area contributed by atoms with Crippen molar-refractivity contribution in [3.63, 3.8) is 0 Å². The van der Waals surface area contributed by atoms with Gasteiger partial charge in [-0.15, -0.1) is 0 Å². The van der Waals surface area contributed by atoms with Gasteiger partial charge in [0.05, 0.1) is 35.0 Å². The summed E-state index contributed by atoms with van der Waals surface area (Å²) in [5.41, 5.74) is 5.51. The number of likely N-dealkylation sites (N-methyl/N-ethyl adjacent to an activating group) is 1. The van der Waals surface area contributed by atoms with Gasteiger partial charge in [-0.2, -0.15) is 0 Å². The second kappa shape index (κ2) is 8.91. The zero-order chi connectivity index (χ0) is 24.8. The SMILES string of the molecule is CN(C)C1CCCN(c2ccc(Nc3ccc(-c4cnc5cc(F)ccn45)c4c3C(=O)NC4)nc2)C1. The summed E-state index contributed by atoms with van der Waals surface area (Å²) >= 11 is 0. The van der Waals surface area contributed by atoms with Crippen molar-refractivity contribution in [2.24, 2.45) is 0 Å². The van der Waals surface area contributed by atoms with Crippen LogP contribution in [0.25, 0.3) is 16.9 Å². The number of carbonyl (C=O) groups excluding carboxylic acids is 1. The topological polar surface area (TPSA) is 77.8 Å². The fourth-order valence-electron chi connectivity index (χ4n) is 5.24. The Kier molecular flexibility index (Phi) is 5.56. The number of imidazole rings is 1. The lowest BCUT2D eigenvalue weighted by atomic mass is 9.99. The molecule has 4 aromatic rings. The highest BCUT2D eigenvalue weighted by atomic mass is 19.1. The Morgan fingerprint density at radius 3 is 2.83 bits per heavy atom. The molecule has 184 valence electrons. The Balaban J connectivity index is 1.28. The third-order valence-corrected chi connectivity index (χ3v) is 7.22. The van der Waals surface area contributed by atoms with E-state index in [0.717, 1.165) is 42.0 Å². The van der Waals surface area contributed by atoms with E-state index in [0.29, 0.717) is 35.3 Å². The van der Waals surface area contributed by atoms with Gasteiger partial charge in [0, 0.05) is 43.5 Å². The smallest absolute Gasteiger partial charge is 0.254 e. The monoisotopic (exact) mass is 485 g/mol. The van der Waals surface area contributed by atoms with Gasteiger partial charge in [0.25, 0.3) is 5.91 Å². The first-order chi connectivity index (χ1) is 17.5. The fraction of sp³-hybridized carbons (Fsp3) is 0.296.